The molecule has 1 saturated carbocycles. The molecule has 0 radical (unpaired) electrons. The normalized spacial score (nSPS) is 21.0. The number of amides is 1. The molecule has 44 heavy (non-hydrogen) atoms. The van der Waals surface area contributed by atoms with Crippen LogP contribution < -0.4 is 16.6 Å². The Morgan fingerprint density at radius 3 is 2.11 bits per heavy atom. The Morgan fingerprint density at radius 2 is 1.59 bits per heavy atom. The number of aromatic amines is 1. The van der Waals surface area contributed by atoms with E-state index >= 15 is 0 Å². The molecule has 1 aromatic carbocycles. The van der Waals surface area contributed by atoms with Gasteiger partial charge in [0.15, 0.2) is 0 Å². The number of esters is 1. The van der Waals surface area contributed by atoms with Crippen LogP contribution in [-0.4, -0.2) is 33.9 Å². The van der Waals surface area contributed by atoms with Gasteiger partial charge < -0.3 is 20.8 Å². The molecular formula is C34H46Cl2N4O4. The summed E-state index contributed by atoms with van der Waals surface area (Å²) in [6.45, 7) is 17.8. The van der Waals surface area contributed by atoms with Crippen LogP contribution >= 0.6 is 23.2 Å². The van der Waals surface area contributed by atoms with Crippen LogP contribution in [0.1, 0.15) is 102 Å². The van der Waals surface area contributed by atoms with Crippen molar-refractivity contribution in [3.63, 3.8) is 0 Å². The van der Waals surface area contributed by atoms with Gasteiger partial charge in [-0.05, 0) is 53.7 Å². The van der Waals surface area contributed by atoms with E-state index in [0.717, 1.165) is 30.1 Å². The summed E-state index contributed by atoms with van der Waals surface area (Å²) in [6, 6.07) is 6.82. The Bertz CT molecular complexity index is 1570. The molecule has 4 rings (SSSR count). The Balaban J connectivity index is 1.93. The number of ether oxygens (including phenoxy) is 1. The van der Waals surface area contributed by atoms with E-state index in [4.69, 9.17) is 33.7 Å². The van der Waals surface area contributed by atoms with Gasteiger partial charge in [-0.1, -0.05) is 97.1 Å². The summed E-state index contributed by atoms with van der Waals surface area (Å²) in [7, 11) is 0. The molecule has 4 N–H and O–H groups in total. The van der Waals surface area contributed by atoms with Crippen LogP contribution in [0.2, 0.25) is 10.2 Å². The van der Waals surface area contributed by atoms with E-state index in [1.807, 2.05) is 6.92 Å². The lowest BCUT2D eigenvalue weighted by Crippen LogP contribution is -2.49. The summed E-state index contributed by atoms with van der Waals surface area (Å²) in [4.78, 5) is 44.3. The average Bonchev–Trinajstić information content (AvgIpc) is 3.20. The molecule has 0 bridgehead atoms. The quantitative estimate of drug-likeness (QED) is 0.178. The molecule has 0 spiro atoms. The zero-order valence-electron chi connectivity index (χ0n) is 27.1. The van der Waals surface area contributed by atoms with Crippen LogP contribution in [0.5, 0.6) is 0 Å². The maximum atomic E-state index is 14.5. The monoisotopic (exact) mass is 644 g/mol. The highest BCUT2D eigenvalue weighted by Gasteiger charge is 2.48. The zero-order valence-corrected chi connectivity index (χ0v) is 28.6. The molecular weight excluding hydrogens is 599 g/mol. The van der Waals surface area contributed by atoms with Crippen molar-refractivity contribution in [3.05, 3.63) is 55.9 Å². The van der Waals surface area contributed by atoms with Gasteiger partial charge in [-0.15, -0.1) is 0 Å². The van der Waals surface area contributed by atoms with Crippen molar-refractivity contribution in [1.82, 2.24) is 14.7 Å². The minimum Gasteiger partial charge on any atom is -0.458 e. The number of hydrogen-bond acceptors (Lipinski definition) is 5. The fraction of sp³-hybridized carbons (Fsp3) is 0.559. The maximum absolute atomic E-state index is 14.5. The molecule has 1 aliphatic rings. The van der Waals surface area contributed by atoms with E-state index in [0.29, 0.717) is 28.6 Å². The molecule has 240 valence electrons. The lowest BCUT2D eigenvalue weighted by molar-refractivity contribution is -0.0922. The average molecular weight is 646 g/mol. The third-order valence-electron chi connectivity index (χ3n) is 9.01. The Hall–Kier alpha value is -2.97. The maximum Gasteiger partial charge on any atom is 0.342 e. The highest BCUT2D eigenvalue weighted by atomic mass is 35.5. The molecule has 8 nitrogen and oxygen atoms in total. The number of benzene rings is 1. The highest BCUT2D eigenvalue weighted by Crippen LogP contribution is 2.50. The molecule has 1 fully saturated rings. The van der Waals surface area contributed by atoms with Gasteiger partial charge in [-0.2, -0.15) is 0 Å². The van der Waals surface area contributed by atoms with Gasteiger partial charge >= 0.3 is 5.97 Å². The molecule has 1 aliphatic carbocycles. The standard InChI is InChI=1S/C34H46Cl2N4O4/c1-9-10-15-38-30(41)25-28(37)39-29-24(23(27(36)40(29)31(25)42)19-11-13-20(35)14-12-19)32(43)44-26-21(33(3,4)5)16-18(2)17-22(26)34(6,7)8/h11-14,18,21-22,26,39H,9-10,15-17,37H2,1-8H3,(H,38,41). The van der Waals surface area contributed by atoms with Crippen molar-refractivity contribution in [3.8, 4) is 11.1 Å². The van der Waals surface area contributed by atoms with Gasteiger partial charge in [0.05, 0.1) is 0 Å². The smallest absolute Gasteiger partial charge is 0.342 e. The third kappa shape index (κ3) is 6.66. The fourth-order valence-electron chi connectivity index (χ4n) is 6.59. The van der Waals surface area contributed by atoms with Gasteiger partial charge in [-0.3, -0.25) is 9.59 Å². The van der Waals surface area contributed by atoms with E-state index in [1.54, 1.807) is 24.3 Å². The summed E-state index contributed by atoms with van der Waals surface area (Å²) in [5.74, 6) is -0.702. The number of carbonyl (C=O) groups excluding carboxylic acids is 2. The van der Waals surface area contributed by atoms with Crippen molar-refractivity contribution in [2.75, 3.05) is 12.3 Å². The van der Waals surface area contributed by atoms with Gasteiger partial charge in [0.2, 0.25) is 0 Å². The first-order valence-electron chi connectivity index (χ1n) is 15.5. The number of unbranched alkanes of at least 4 members (excludes halogenated alkanes) is 1. The molecule has 2 unspecified atom stereocenters. The van der Waals surface area contributed by atoms with Crippen LogP contribution in [0.25, 0.3) is 16.8 Å². The number of carbonyl (C=O) groups is 2. The minimum atomic E-state index is -0.726. The van der Waals surface area contributed by atoms with Crippen LogP contribution in [0.15, 0.2) is 29.1 Å². The second-order valence-electron chi connectivity index (χ2n) is 14.5. The number of rotatable bonds is 7. The zero-order chi connectivity index (χ0) is 32.7. The van der Waals surface area contributed by atoms with Crippen LogP contribution in [0, 0.1) is 28.6 Å². The number of H-pyrrole nitrogens is 1. The molecule has 2 atom stereocenters. The summed E-state index contributed by atoms with van der Waals surface area (Å²) in [5, 5.41) is 3.21. The fourth-order valence-corrected chi connectivity index (χ4v) is 7.08. The van der Waals surface area contributed by atoms with Gasteiger partial charge in [-0.25, -0.2) is 9.20 Å². The topological polar surface area (TPSA) is 119 Å². The number of nitrogen functional groups attached to an aromatic ring is 1. The van der Waals surface area contributed by atoms with Crippen molar-refractivity contribution < 1.29 is 14.3 Å². The number of nitrogens with one attached hydrogen (secondary N) is 2. The highest BCUT2D eigenvalue weighted by molar-refractivity contribution is 6.34. The molecule has 2 heterocycles. The number of anilines is 1. The first-order valence-corrected chi connectivity index (χ1v) is 16.2. The number of halogens is 2. The summed E-state index contributed by atoms with van der Waals surface area (Å²) >= 11 is 13.1. The van der Waals surface area contributed by atoms with E-state index in [2.05, 4.69) is 58.8 Å². The second-order valence-corrected chi connectivity index (χ2v) is 15.2. The minimum absolute atomic E-state index is 0.0323. The summed E-state index contributed by atoms with van der Waals surface area (Å²) in [6.07, 6.45) is 3.10. The van der Waals surface area contributed by atoms with Gasteiger partial charge in [0, 0.05) is 29.0 Å². The molecule has 0 saturated heterocycles. The number of hydrogen-bond donors (Lipinski definition) is 3. The molecule has 2 aromatic heterocycles. The largest absolute Gasteiger partial charge is 0.458 e. The van der Waals surface area contributed by atoms with Gasteiger partial charge in [0.1, 0.15) is 33.8 Å². The predicted molar refractivity (Wildman–Crippen MR) is 179 cm³/mol. The molecule has 0 aliphatic heterocycles. The molecule has 3 aromatic rings. The van der Waals surface area contributed by atoms with E-state index < -0.39 is 17.4 Å². The van der Waals surface area contributed by atoms with E-state index in [9.17, 15) is 14.4 Å². The van der Waals surface area contributed by atoms with Crippen LogP contribution in [-0.2, 0) is 4.74 Å². The van der Waals surface area contributed by atoms with E-state index in [1.165, 1.54) is 0 Å². The van der Waals surface area contributed by atoms with Crippen molar-refractivity contribution in [1.29, 1.82) is 0 Å². The van der Waals surface area contributed by atoms with Crippen molar-refractivity contribution in [2.45, 2.75) is 87.2 Å². The lowest BCUT2D eigenvalue weighted by atomic mass is 9.59. The predicted octanol–water partition coefficient (Wildman–Crippen LogP) is 7.99. The molecule has 10 heteroatoms. The van der Waals surface area contributed by atoms with Crippen molar-refractivity contribution >= 4 is 46.5 Å². The van der Waals surface area contributed by atoms with Gasteiger partial charge in [0.25, 0.3) is 11.5 Å². The lowest BCUT2D eigenvalue weighted by Gasteiger charge is -2.50. The third-order valence-corrected chi connectivity index (χ3v) is 9.62. The Morgan fingerprint density at radius 1 is 1.02 bits per heavy atom. The number of aromatic nitrogens is 2. The van der Waals surface area contributed by atoms with E-state index in [-0.39, 0.29) is 56.5 Å². The Labute approximate surface area is 270 Å². The second kappa shape index (κ2) is 12.8. The number of fused-ring (bicyclic) bond motifs is 1. The summed E-state index contributed by atoms with van der Waals surface area (Å²) in [5.41, 5.74) is 6.07. The first-order chi connectivity index (χ1) is 20.5. The number of nitrogens with two attached hydrogens (primary N) is 1. The number of nitrogens with zero attached hydrogens (tertiary/aromatic N) is 1. The Kier molecular flexibility index (Phi) is 9.86. The first kappa shape index (κ1) is 33.9. The SMILES string of the molecule is CCCCNC(=O)c1c(N)[nH]c2c(C(=O)OC3C(C(C)(C)C)CC(C)CC3C(C)(C)C)c(-c3ccc(Cl)cc3)c(Cl)n2c1=O. The van der Waals surface area contributed by atoms with Crippen LogP contribution in [0.4, 0.5) is 5.82 Å². The molecule has 1 amide bonds. The van der Waals surface area contributed by atoms with Crippen LogP contribution in [0.3, 0.4) is 0 Å². The summed E-state index contributed by atoms with van der Waals surface area (Å²) < 4.78 is 7.69. The van der Waals surface area contributed by atoms with Crippen molar-refractivity contribution in [2.24, 2.45) is 28.6 Å².